The van der Waals surface area contributed by atoms with Crippen LogP contribution >= 0.6 is 11.3 Å². The summed E-state index contributed by atoms with van der Waals surface area (Å²) in [4.78, 5) is 2.39. The number of hydrogen-bond acceptors (Lipinski definition) is 2. The highest BCUT2D eigenvalue weighted by Crippen LogP contribution is 2.45. The SMILES string of the molecule is c1ccc(N(c2ccc(-c3ccccc3-c3cccc4c3sc3ccccc34)cc2)c2cc3ccccc3c3ccccc23)cc1. The van der Waals surface area contributed by atoms with Crippen LogP contribution in [0.2, 0.25) is 0 Å². The van der Waals surface area contributed by atoms with Gasteiger partial charge in [-0.3, -0.25) is 0 Å². The van der Waals surface area contributed by atoms with Crippen molar-refractivity contribution in [2.45, 2.75) is 0 Å². The highest BCUT2D eigenvalue weighted by atomic mass is 32.1. The first-order valence-electron chi connectivity index (χ1n) is 15.7. The van der Waals surface area contributed by atoms with Gasteiger partial charge in [-0.25, -0.2) is 0 Å². The summed E-state index contributed by atoms with van der Waals surface area (Å²) in [5.41, 5.74) is 8.41. The van der Waals surface area contributed by atoms with Crippen molar-refractivity contribution in [2.75, 3.05) is 4.90 Å². The Morgan fingerprint density at radius 3 is 1.78 bits per heavy atom. The zero-order chi connectivity index (χ0) is 30.5. The Kier molecular flexibility index (Phi) is 6.40. The van der Waals surface area contributed by atoms with Crippen LogP contribution in [0.15, 0.2) is 176 Å². The van der Waals surface area contributed by atoms with Crippen LogP contribution in [0.25, 0.3) is 64.0 Å². The maximum atomic E-state index is 2.39. The number of fused-ring (bicyclic) bond motifs is 6. The van der Waals surface area contributed by atoms with Crippen LogP contribution in [0.3, 0.4) is 0 Å². The minimum atomic E-state index is 1.12. The highest BCUT2D eigenvalue weighted by Gasteiger charge is 2.18. The Morgan fingerprint density at radius 1 is 0.370 bits per heavy atom. The molecule has 0 spiro atoms. The van der Waals surface area contributed by atoms with E-state index < -0.39 is 0 Å². The van der Waals surface area contributed by atoms with E-state index in [0.717, 1.165) is 11.4 Å². The fraction of sp³-hybridized carbons (Fsp3) is 0. The molecule has 9 aromatic rings. The number of para-hydroxylation sites is 1. The van der Waals surface area contributed by atoms with Crippen LogP contribution in [0.1, 0.15) is 0 Å². The number of rotatable bonds is 5. The highest BCUT2D eigenvalue weighted by molar-refractivity contribution is 7.26. The number of hydrogen-bond donors (Lipinski definition) is 0. The first-order chi connectivity index (χ1) is 22.8. The smallest absolute Gasteiger partial charge is 0.0546 e. The standard InChI is InChI=1S/C44H29NS/c1-2-14-32(15-3-1)45(42-29-31-13-4-5-17-35(31)36-18-8-9-20-38(36)42)33-27-25-30(26-28-33)34-16-6-7-19-37(34)40-22-12-23-41-39-21-10-11-24-43(39)46-44(40)41/h1-29H. The zero-order valence-electron chi connectivity index (χ0n) is 25.1. The predicted octanol–water partition coefficient (Wildman–Crippen LogP) is 13.2. The molecular weight excluding hydrogens is 575 g/mol. The largest absolute Gasteiger partial charge is 0.310 e. The molecule has 216 valence electrons. The third kappa shape index (κ3) is 4.38. The van der Waals surface area contributed by atoms with Crippen LogP contribution in [0, 0.1) is 0 Å². The molecule has 0 bridgehead atoms. The average molecular weight is 604 g/mol. The lowest BCUT2D eigenvalue weighted by molar-refractivity contribution is 1.30. The van der Waals surface area contributed by atoms with Crippen molar-refractivity contribution < 1.29 is 0 Å². The molecule has 0 aliphatic carbocycles. The second-order valence-corrected chi connectivity index (χ2v) is 12.8. The van der Waals surface area contributed by atoms with Gasteiger partial charge in [0.25, 0.3) is 0 Å². The van der Waals surface area contributed by atoms with Gasteiger partial charge in [-0.2, -0.15) is 0 Å². The van der Waals surface area contributed by atoms with Crippen molar-refractivity contribution in [3.63, 3.8) is 0 Å². The van der Waals surface area contributed by atoms with Gasteiger partial charge in [0.2, 0.25) is 0 Å². The van der Waals surface area contributed by atoms with E-state index in [-0.39, 0.29) is 0 Å². The van der Waals surface area contributed by atoms with Crippen LogP contribution < -0.4 is 4.90 Å². The van der Waals surface area contributed by atoms with Crippen LogP contribution in [0.5, 0.6) is 0 Å². The Labute approximate surface area is 272 Å². The number of benzene rings is 8. The summed E-state index contributed by atoms with van der Waals surface area (Å²) in [6, 6.07) is 63.8. The molecule has 1 aromatic heterocycles. The molecule has 9 rings (SSSR count). The number of nitrogens with zero attached hydrogens (tertiary/aromatic N) is 1. The second kappa shape index (κ2) is 11.0. The van der Waals surface area contributed by atoms with Gasteiger partial charge in [0.1, 0.15) is 0 Å². The minimum Gasteiger partial charge on any atom is -0.310 e. The summed E-state index contributed by atoms with van der Waals surface area (Å²) >= 11 is 1.88. The minimum absolute atomic E-state index is 1.12. The Bertz CT molecular complexity index is 2530. The lowest BCUT2D eigenvalue weighted by Crippen LogP contribution is -2.10. The van der Waals surface area contributed by atoms with Crippen molar-refractivity contribution in [1.29, 1.82) is 0 Å². The molecule has 0 radical (unpaired) electrons. The third-order valence-corrected chi connectivity index (χ3v) is 10.3. The van der Waals surface area contributed by atoms with Gasteiger partial charge in [0, 0.05) is 42.5 Å². The van der Waals surface area contributed by atoms with Crippen LogP contribution in [-0.2, 0) is 0 Å². The summed E-state index contributed by atoms with van der Waals surface area (Å²) in [6.07, 6.45) is 0. The molecule has 0 N–H and O–H groups in total. The average Bonchev–Trinajstić information content (AvgIpc) is 3.52. The van der Waals surface area contributed by atoms with Gasteiger partial charge in [0.15, 0.2) is 0 Å². The van der Waals surface area contributed by atoms with E-state index in [1.165, 1.54) is 69.7 Å². The molecule has 2 heteroatoms. The maximum absolute atomic E-state index is 2.39. The number of thiophene rings is 1. The van der Waals surface area contributed by atoms with Gasteiger partial charge in [-0.05, 0) is 69.2 Å². The molecule has 0 aliphatic heterocycles. The zero-order valence-corrected chi connectivity index (χ0v) is 25.9. The van der Waals surface area contributed by atoms with Crippen molar-refractivity contribution >= 4 is 70.1 Å². The fourth-order valence-electron chi connectivity index (χ4n) is 6.94. The first kappa shape index (κ1) is 26.7. The number of anilines is 3. The molecule has 8 aromatic carbocycles. The first-order valence-corrected chi connectivity index (χ1v) is 16.5. The molecule has 0 amide bonds. The molecule has 1 heterocycles. The van der Waals surface area contributed by atoms with Gasteiger partial charge < -0.3 is 4.90 Å². The van der Waals surface area contributed by atoms with Gasteiger partial charge in [-0.15, -0.1) is 11.3 Å². The lowest BCUT2D eigenvalue weighted by atomic mass is 9.93. The summed E-state index contributed by atoms with van der Waals surface area (Å²) < 4.78 is 2.67. The van der Waals surface area contributed by atoms with Gasteiger partial charge in [0.05, 0.1) is 5.69 Å². The molecule has 0 aliphatic rings. The monoisotopic (exact) mass is 603 g/mol. The maximum Gasteiger partial charge on any atom is 0.0546 e. The predicted molar refractivity (Wildman–Crippen MR) is 200 cm³/mol. The Morgan fingerprint density at radius 2 is 0.957 bits per heavy atom. The topological polar surface area (TPSA) is 3.24 Å². The summed E-state index contributed by atoms with van der Waals surface area (Å²) in [5, 5.41) is 7.65. The lowest BCUT2D eigenvalue weighted by Gasteiger charge is -2.27. The van der Waals surface area contributed by atoms with Crippen molar-refractivity contribution in [3.8, 4) is 22.3 Å². The van der Waals surface area contributed by atoms with Crippen molar-refractivity contribution in [1.82, 2.24) is 0 Å². The quantitative estimate of drug-likeness (QED) is 0.177. The third-order valence-electron chi connectivity index (χ3n) is 9.06. The van der Waals surface area contributed by atoms with E-state index in [9.17, 15) is 0 Å². The van der Waals surface area contributed by atoms with Crippen LogP contribution in [0.4, 0.5) is 17.1 Å². The summed E-state index contributed by atoms with van der Waals surface area (Å²) in [7, 11) is 0. The fourth-order valence-corrected chi connectivity index (χ4v) is 8.17. The van der Waals surface area contributed by atoms with Gasteiger partial charge in [-0.1, -0.05) is 140 Å². The summed E-state index contributed by atoms with van der Waals surface area (Å²) in [6.45, 7) is 0. The molecule has 0 atom stereocenters. The van der Waals surface area contributed by atoms with E-state index in [4.69, 9.17) is 0 Å². The van der Waals surface area contributed by atoms with Crippen LogP contribution in [-0.4, -0.2) is 0 Å². The van der Waals surface area contributed by atoms with Crippen molar-refractivity contribution in [3.05, 3.63) is 176 Å². The summed E-state index contributed by atoms with van der Waals surface area (Å²) in [5.74, 6) is 0. The molecule has 0 fully saturated rings. The van der Waals surface area contributed by atoms with E-state index >= 15 is 0 Å². The van der Waals surface area contributed by atoms with E-state index in [1.807, 2.05) is 11.3 Å². The molecular formula is C44H29NS. The molecule has 0 saturated carbocycles. The Hall–Kier alpha value is -5.70. The molecule has 1 nitrogen and oxygen atoms in total. The second-order valence-electron chi connectivity index (χ2n) is 11.7. The van der Waals surface area contributed by atoms with E-state index in [1.54, 1.807) is 0 Å². The molecule has 46 heavy (non-hydrogen) atoms. The van der Waals surface area contributed by atoms with Crippen molar-refractivity contribution in [2.24, 2.45) is 0 Å². The molecule has 0 saturated heterocycles. The van der Waals surface area contributed by atoms with Gasteiger partial charge >= 0.3 is 0 Å². The Balaban J connectivity index is 1.20. The van der Waals surface area contributed by atoms with E-state index in [0.29, 0.717) is 0 Å². The normalized spacial score (nSPS) is 11.5. The molecule has 0 unspecified atom stereocenters. The van der Waals surface area contributed by atoms with E-state index in [2.05, 4.69) is 181 Å².